The van der Waals surface area contributed by atoms with Crippen LogP contribution in [0.2, 0.25) is 0 Å². The van der Waals surface area contributed by atoms with E-state index in [0.29, 0.717) is 17.4 Å². The van der Waals surface area contributed by atoms with E-state index in [2.05, 4.69) is 21.5 Å². The Bertz CT molecular complexity index is 1430. The molecule has 2 unspecified atom stereocenters. The summed E-state index contributed by atoms with van der Waals surface area (Å²) in [5.74, 6) is 3.56. The van der Waals surface area contributed by atoms with Crippen LogP contribution in [0.4, 0.5) is 5.95 Å². The number of nitrogens with one attached hydrogen (secondary N) is 1. The van der Waals surface area contributed by atoms with E-state index in [-0.39, 0.29) is 12.1 Å². The minimum Gasteiger partial charge on any atom is -0.497 e. The molecule has 0 saturated carbocycles. The molecule has 0 aliphatic carbocycles. The summed E-state index contributed by atoms with van der Waals surface area (Å²) < 4.78 is 25.0. The van der Waals surface area contributed by atoms with E-state index in [0.717, 1.165) is 39.5 Å². The first-order valence-electron chi connectivity index (χ1n) is 11.2. The summed E-state index contributed by atoms with van der Waals surface area (Å²) in [5, 5.41) is 8.09. The highest BCUT2D eigenvalue weighted by atomic mass is 16.5. The van der Waals surface area contributed by atoms with Crippen molar-refractivity contribution < 1.29 is 18.9 Å². The van der Waals surface area contributed by atoms with Crippen LogP contribution in [0.25, 0.3) is 5.70 Å². The lowest BCUT2D eigenvalue weighted by molar-refractivity contribution is 0.223. The Labute approximate surface area is 202 Å². The Morgan fingerprint density at radius 2 is 1.63 bits per heavy atom. The van der Waals surface area contributed by atoms with Crippen molar-refractivity contribution in [3.63, 3.8) is 0 Å². The standard InChI is InChI=1S/C27H24N4O4/c1-32-18-11-8-16(9-12-18)26-23-24(19-6-4-5-7-20(19)35-26)30-27-28-15-29-31(27)25(23)17-10-13-21(33-2)22(14-17)34-3/h4-15,25-26H,1-3H3,(H,28,29,30). The Kier molecular flexibility index (Phi) is 5.06. The van der Waals surface area contributed by atoms with Crippen LogP contribution < -0.4 is 24.3 Å². The van der Waals surface area contributed by atoms with E-state index in [1.165, 1.54) is 0 Å². The summed E-state index contributed by atoms with van der Waals surface area (Å²) in [5.41, 5.74) is 4.95. The van der Waals surface area contributed by atoms with Crippen molar-refractivity contribution in [1.82, 2.24) is 14.8 Å². The number of fused-ring (bicyclic) bond motifs is 3. The quantitative estimate of drug-likeness (QED) is 0.448. The summed E-state index contributed by atoms with van der Waals surface area (Å²) in [6.45, 7) is 0. The Morgan fingerprint density at radius 3 is 2.40 bits per heavy atom. The van der Waals surface area contributed by atoms with Gasteiger partial charge in [0.15, 0.2) is 11.5 Å². The van der Waals surface area contributed by atoms with Gasteiger partial charge in [-0.25, -0.2) is 4.68 Å². The summed E-state index contributed by atoms with van der Waals surface area (Å²) in [6, 6.07) is 21.6. The van der Waals surface area contributed by atoms with Gasteiger partial charge in [-0.1, -0.05) is 30.3 Å². The van der Waals surface area contributed by atoms with E-state index < -0.39 is 0 Å². The second-order valence-corrected chi connectivity index (χ2v) is 8.27. The molecule has 0 fully saturated rings. The van der Waals surface area contributed by atoms with Crippen molar-refractivity contribution in [3.05, 3.63) is 95.3 Å². The SMILES string of the molecule is COc1ccc(C2Oc3ccccc3C3=C2C(c2ccc(OC)c(OC)c2)n2ncnc2N3)cc1. The predicted molar refractivity (Wildman–Crippen MR) is 131 cm³/mol. The van der Waals surface area contributed by atoms with E-state index in [9.17, 15) is 0 Å². The molecule has 0 bridgehead atoms. The zero-order valence-corrected chi connectivity index (χ0v) is 19.6. The van der Waals surface area contributed by atoms with Crippen molar-refractivity contribution in [1.29, 1.82) is 0 Å². The van der Waals surface area contributed by atoms with E-state index in [4.69, 9.17) is 18.9 Å². The number of methoxy groups -OCH3 is 3. The number of ether oxygens (including phenoxy) is 4. The molecule has 0 saturated heterocycles. The molecule has 1 aromatic heterocycles. The summed E-state index contributed by atoms with van der Waals surface area (Å²) >= 11 is 0. The smallest absolute Gasteiger partial charge is 0.226 e. The third kappa shape index (κ3) is 3.37. The molecule has 4 aromatic rings. The van der Waals surface area contributed by atoms with Crippen LogP contribution >= 0.6 is 0 Å². The molecule has 3 aromatic carbocycles. The van der Waals surface area contributed by atoms with Crippen molar-refractivity contribution >= 4 is 11.6 Å². The maximum atomic E-state index is 6.65. The molecule has 0 spiro atoms. The fourth-order valence-electron chi connectivity index (χ4n) is 4.81. The van der Waals surface area contributed by atoms with Crippen LogP contribution in [0.3, 0.4) is 0 Å². The largest absolute Gasteiger partial charge is 0.497 e. The zero-order chi connectivity index (χ0) is 23.9. The van der Waals surface area contributed by atoms with Gasteiger partial charge in [-0.15, -0.1) is 0 Å². The highest BCUT2D eigenvalue weighted by Crippen LogP contribution is 2.51. The highest BCUT2D eigenvalue weighted by molar-refractivity contribution is 5.85. The van der Waals surface area contributed by atoms with Gasteiger partial charge in [-0.3, -0.25) is 0 Å². The number of para-hydroxylation sites is 1. The van der Waals surface area contributed by atoms with Gasteiger partial charge in [0.05, 0.1) is 27.0 Å². The van der Waals surface area contributed by atoms with Crippen LogP contribution in [-0.4, -0.2) is 36.1 Å². The van der Waals surface area contributed by atoms with Crippen molar-refractivity contribution in [2.45, 2.75) is 12.1 Å². The first-order chi connectivity index (χ1) is 17.2. The monoisotopic (exact) mass is 468 g/mol. The maximum Gasteiger partial charge on any atom is 0.226 e. The topological polar surface area (TPSA) is 79.7 Å². The third-order valence-corrected chi connectivity index (χ3v) is 6.46. The second-order valence-electron chi connectivity index (χ2n) is 8.27. The number of anilines is 1. The molecule has 35 heavy (non-hydrogen) atoms. The fraction of sp³-hybridized carbons (Fsp3) is 0.185. The van der Waals surface area contributed by atoms with Crippen molar-refractivity contribution in [2.24, 2.45) is 0 Å². The molecule has 2 aliphatic rings. The van der Waals surface area contributed by atoms with Crippen LogP contribution in [0, 0.1) is 0 Å². The first-order valence-corrected chi connectivity index (χ1v) is 11.2. The van der Waals surface area contributed by atoms with Gasteiger partial charge in [0, 0.05) is 11.1 Å². The van der Waals surface area contributed by atoms with Gasteiger partial charge < -0.3 is 24.3 Å². The van der Waals surface area contributed by atoms with E-state index in [1.54, 1.807) is 27.7 Å². The van der Waals surface area contributed by atoms with Crippen LogP contribution in [0.15, 0.2) is 78.6 Å². The highest BCUT2D eigenvalue weighted by Gasteiger charge is 2.41. The molecule has 2 atom stereocenters. The number of hydrogen-bond acceptors (Lipinski definition) is 7. The number of rotatable bonds is 5. The van der Waals surface area contributed by atoms with Gasteiger partial charge in [-0.05, 0) is 47.5 Å². The van der Waals surface area contributed by atoms with E-state index in [1.807, 2.05) is 65.3 Å². The minimum atomic E-state index is -0.367. The minimum absolute atomic E-state index is 0.288. The van der Waals surface area contributed by atoms with E-state index >= 15 is 0 Å². The molecule has 8 heteroatoms. The molecule has 2 aliphatic heterocycles. The maximum absolute atomic E-state index is 6.65. The molecule has 8 nitrogen and oxygen atoms in total. The van der Waals surface area contributed by atoms with Crippen LogP contribution in [0.5, 0.6) is 23.0 Å². The lowest BCUT2D eigenvalue weighted by Gasteiger charge is -2.39. The predicted octanol–water partition coefficient (Wildman–Crippen LogP) is 4.86. The Balaban J connectivity index is 1.59. The summed E-state index contributed by atoms with van der Waals surface area (Å²) in [4.78, 5) is 4.49. The van der Waals surface area contributed by atoms with Gasteiger partial charge in [0.1, 0.15) is 30.0 Å². The molecular formula is C27H24N4O4. The first kappa shape index (κ1) is 21.1. The van der Waals surface area contributed by atoms with Gasteiger partial charge >= 0.3 is 0 Å². The third-order valence-electron chi connectivity index (χ3n) is 6.46. The number of benzene rings is 3. The second kappa shape index (κ2) is 8.39. The normalized spacial score (nSPS) is 17.9. The van der Waals surface area contributed by atoms with Crippen LogP contribution in [-0.2, 0) is 0 Å². The molecular weight excluding hydrogens is 444 g/mol. The van der Waals surface area contributed by atoms with Gasteiger partial charge in [0.25, 0.3) is 0 Å². The zero-order valence-electron chi connectivity index (χ0n) is 19.6. The lowest BCUT2D eigenvalue weighted by atomic mass is 9.84. The number of aromatic nitrogens is 3. The van der Waals surface area contributed by atoms with Crippen molar-refractivity contribution in [3.8, 4) is 23.0 Å². The number of hydrogen-bond donors (Lipinski definition) is 1. The fourth-order valence-corrected chi connectivity index (χ4v) is 4.81. The summed E-state index contributed by atoms with van der Waals surface area (Å²) in [6.07, 6.45) is 1.19. The number of nitrogens with zero attached hydrogens (tertiary/aromatic N) is 3. The summed E-state index contributed by atoms with van der Waals surface area (Å²) in [7, 11) is 4.92. The molecule has 176 valence electrons. The van der Waals surface area contributed by atoms with Gasteiger partial charge in [-0.2, -0.15) is 10.1 Å². The van der Waals surface area contributed by atoms with Crippen LogP contribution in [0.1, 0.15) is 28.8 Å². The molecule has 0 radical (unpaired) electrons. The molecule has 0 amide bonds. The van der Waals surface area contributed by atoms with Gasteiger partial charge in [0.2, 0.25) is 5.95 Å². The Hall–Kier alpha value is -4.46. The molecule has 6 rings (SSSR count). The average molecular weight is 469 g/mol. The van der Waals surface area contributed by atoms with Crippen molar-refractivity contribution in [2.75, 3.05) is 26.6 Å². The Morgan fingerprint density at radius 1 is 0.857 bits per heavy atom. The molecule has 3 heterocycles. The average Bonchev–Trinajstić information content (AvgIpc) is 3.39. The lowest BCUT2D eigenvalue weighted by Crippen LogP contribution is -2.32. The molecule has 1 N–H and O–H groups in total.